The maximum Gasteiger partial charge on any atom is 0.244 e. The molecule has 0 saturated carbocycles. The average Bonchev–Trinajstić information content (AvgIpc) is 2.73. The Morgan fingerprint density at radius 2 is 2.00 bits per heavy atom. The summed E-state index contributed by atoms with van der Waals surface area (Å²) in [4.78, 5) is 6.79. The van der Waals surface area contributed by atoms with Gasteiger partial charge in [0, 0.05) is 25.5 Å². The van der Waals surface area contributed by atoms with E-state index in [1.165, 1.54) is 12.7 Å². The SMILES string of the molecule is CCc1ccc(OC)c(S(=O)(=O)NCC2CCN(Cc3cccnc3)CC2)c1. The van der Waals surface area contributed by atoms with Gasteiger partial charge in [-0.05, 0) is 67.6 Å². The van der Waals surface area contributed by atoms with E-state index in [4.69, 9.17) is 4.74 Å². The maximum atomic E-state index is 12.8. The number of hydrogen-bond donors (Lipinski definition) is 1. The fourth-order valence-electron chi connectivity index (χ4n) is 3.55. The average molecular weight is 404 g/mol. The Labute approximate surface area is 168 Å². The largest absolute Gasteiger partial charge is 0.495 e. The smallest absolute Gasteiger partial charge is 0.244 e. The minimum atomic E-state index is -3.59. The number of likely N-dealkylation sites (tertiary alicyclic amines) is 1. The van der Waals surface area contributed by atoms with E-state index in [0.717, 1.165) is 44.5 Å². The van der Waals surface area contributed by atoms with Gasteiger partial charge in [-0.3, -0.25) is 9.88 Å². The van der Waals surface area contributed by atoms with Gasteiger partial charge in [0.15, 0.2) is 0 Å². The Bertz CT molecular complexity index is 864. The number of ether oxygens (including phenoxy) is 1. The van der Waals surface area contributed by atoms with Crippen LogP contribution in [0.15, 0.2) is 47.6 Å². The summed E-state index contributed by atoms with van der Waals surface area (Å²) in [5.74, 6) is 0.733. The van der Waals surface area contributed by atoms with Crippen LogP contribution in [0, 0.1) is 5.92 Å². The number of aryl methyl sites for hydroxylation is 1. The first-order chi connectivity index (χ1) is 13.5. The highest BCUT2D eigenvalue weighted by molar-refractivity contribution is 7.89. The van der Waals surface area contributed by atoms with Crippen molar-refractivity contribution in [1.82, 2.24) is 14.6 Å². The first-order valence-corrected chi connectivity index (χ1v) is 11.3. The molecule has 1 aliphatic heterocycles. The third-order valence-electron chi connectivity index (χ3n) is 5.32. The molecule has 1 saturated heterocycles. The van der Waals surface area contributed by atoms with Crippen LogP contribution in [-0.2, 0) is 23.0 Å². The van der Waals surface area contributed by atoms with Gasteiger partial charge in [-0.15, -0.1) is 0 Å². The lowest BCUT2D eigenvalue weighted by molar-refractivity contribution is 0.178. The van der Waals surface area contributed by atoms with Crippen LogP contribution in [0.1, 0.15) is 30.9 Å². The normalized spacial score (nSPS) is 16.2. The van der Waals surface area contributed by atoms with Crippen LogP contribution in [0.4, 0.5) is 0 Å². The van der Waals surface area contributed by atoms with Crippen molar-refractivity contribution in [3.63, 3.8) is 0 Å². The molecule has 28 heavy (non-hydrogen) atoms. The standard InChI is InChI=1S/C21H29N3O3S/c1-3-17-6-7-20(27-2)21(13-17)28(25,26)23-15-18-8-11-24(12-9-18)16-19-5-4-10-22-14-19/h4-7,10,13-14,18,23H,3,8-9,11-12,15-16H2,1-2H3. The quantitative estimate of drug-likeness (QED) is 0.734. The van der Waals surface area contributed by atoms with Gasteiger partial charge < -0.3 is 4.74 Å². The zero-order chi connectivity index (χ0) is 20.0. The molecular formula is C21H29N3O3S. The fourth-order valence-corrected chi connectivity index (χ4v) is 4.89. The number of nitrogens with zero attached hydrogens (tertiary/aromatic N) is 2. The molecule has 1 N–H and O–H groups in total. The Morgan fingerprint density at radius 1 is 1.21 bits per heavy atom. The van der Waals surface area contributed by atoms with Crippen molar-refractivity contribution in [2.24, 2.45) is 5.92 Å². The van der Waals surface area contributed by atoms with E-state index >= 15 is 0 Å². The van der Waals surface area contributed by atoms with E-state index in [1.807, 2.05) is 25.3 Å². The summed E-state index contributed by atoms with van der Waals surface area (Å²) in [6.07, 6.45) is 6.43. The number of hydrogen-bond acceptors (Lipinski definition) is 5. The first kappa shape index (κ1) is 20.8. The van der Waals surface area contributed by atoms with Crippen molar-refractivity contribution in [3.8, 4) is 5.75 Å². The van der Waals surface area contributed by atoms with Gasteiger partial charge in [0.25, 0.3) is 0 Å². The predicted molar refractivity (Wildman–Crippen MR) is 110 cm³/mol. The Morgan fingerprint density at radius 3 is 2.64 bits per heavy atom. The summed E-state index contributed by atoms with van der Waals surface area (Å²) in [5, 5.41) is 0. The van der Waals surface area contributed by atoms with Crippen LogP contribution in [0.3, 0.4) is 0 Å². The molecule has 0 spiro atoms. The predicted octanol–water partition coefficient (Wildman–Crippen LogP) is 2.84. The summed E-state index contributed by atoms with van der Waals surface area (Å²) in [6.45, 7) is 5.30. The van der Waals surface area contributed by atoms with Crippen LogP contribution in [0.5, 0.6) is 5.75 Å². The highest BCUT2D eigenvalue weighted by Gasteiger charge is 2.24. The third kappa shape index (κ3) is 5.31. The minimum absolute atomic E-state index is 0.225. The molecule has 2 heterocycles. The Balaban J connectivity index is 1.55. The molecule has 1 aliphatic rings. The number of pyridine rings is 1. The van der Waals surface area contributed by atoms with E-state index in [2.05, 4.69) is 20.7 Å². The van der Waals surface area contributed by atoms with Crippen LogP contribution in [0.2, 0.25) is 0 Å². The maximum absolute atomic E-state index is 12.8. The molecule has 152 valence electrons. The van der Waals surface area contributed by atoms with E-state index in [9.17, 15) is 8.42 Å². The number of piperidine rings is 1. The van der Waals surface area contributed by atoms with Gasteiger partial charge in [0.1, 0.15) is 10.6 Å². The second-order valence-electron chi connectivity index (χ2n) is 7.27. The monoisotopic (exact) mass is 403 g/mol. The van der Waals surface area contributed by atoms with Crippen molar-refractivity contribution in [2.75, 3.05) is 26.7 Å². The van der Waals surface area contributed by atoms with Gasteiger partial charge in [-0.2, -0.15) is 0 Å². The van der Waals surface area contributed by atoms with E-state index in [1.54, 1.807) is 18.3 Å². The first-order valence-electron chi connectivity index (χ1n) is 9.79. The molecule has 0 atom stereocenters. The summed E-state index contributed by atoms with van der Waals surface area (Å²) < 4.78 is 33.7. The number of methoxy groups -OCH3 is 1. The second-order valence-corrected chi connectivity index (χ2v) is 9.01. The number of aromatic nitrogens is 1. The van der Waals surface area contributed by atoms with Crippen molar-refractivity contribution in [2.45, 2.75) is 37.6 Å². The molecule has 3 rings (SSSR count). The zero-order valence-corrected chi connectivity index (χ0v) is 17.4. The zero-order valence-electron chi connectivity index (χ0n) is 16.6. The van der Waals surface area contributed by atoms with Gasteiger partial charge in [0.05, 0.1) is 7.11 Å². The molecule has 0 radical (unpaired) electrons. The highest BCUT2D eigenvalue weighted by Crippen LogP contribution is 2.26. The molecule has 0 amide bonds. The van der Waals surface area contributed by atoms with Crippen molar-refractivity contribution in [3.05, 3.63) is 53.9 Å². The molecule has 0 aliphatic carbocycles. The summed E-state index contributed by atoms with van der Waals surface area (Å²) >= 11 is 0. The van der Waals surface area contributed by atoms with Crippen LogP contribution >= 0.6 is 0 Å². The minimum Gasteiger partial charge on any atom is -0.495 e. The molecule has 0 bridgehead atoms. The van der Waals surface area contributed by atoms with E-state index in [0.29, 0.717) is 18.2 Å². The third-order valence-corrected chi connectivity index (χ3v) is 6.77. The molecule has 7 heteroatoms. The van der Waals surface area contributed by atoms with Crippen molar-refractivity contribution in [1.29, 1.82) is 0 Å². The number of sulfonamides is 1. The molecule has 2 aromatic rings. The van der Waals surface area contributed by atoms with Gasteiger partial charge >= 0.3 is 0 Å². The topological polar surface area (TPSA) is 71.5 Å². The molecule has 0 unspecified atom stereocenters. The lowest BCUT2D eigenvalue weighted by atomic mass is 9.97. The second kappa shape index (κ2) is 9.49. The van der Waals surface area contributed by atoms with Gasteiger partial charge in [-0.1, -0.05) is 19.1 Å². The molecule has 1 aromatic carbocycles. The van der Waals surface area contributed by atoms with Crippen LogP contribution in [-0.4, -0.2) is 45.0 Å². The molecule has 6 nitrogen and oxygen atoms in total. The van der Waals surface area contributed by atoms with Crippen LogP contribution in [0.25, 0.3) is 0 Å². The Hall–Kier alpha value is -1.96. The van der Waals surface area contributed by atoms with Crippen molar-refractivity contribution >= 4 is 10.0 Å². The van der Waals surface area contributed by atoms with Gasteiger partial charge in [0.2, 0.25) is 10.0 Å². The van der Waals surface area contributed by atoms with E-state index in [-0.39, 0.29) is 4.90 Å². The summed E-state index contributed by atoms with van der Waals surface area (Å²) in [6, 6.07) is 9.38. The van der Waals surface area contributed by atoms with Crippen LogP contribution < -0.4 is 9.46 Å². The lowest BCUT2D eigenvalue weighted by Gasteiger charge is -2.32. The summed E-state index contributed by atoms with van der Waals surface area (Å²) in [5.41, 5.74) is 2.19. The summed E-state index contributed by atoms with van der Waals surface area (Å²) in [7, 11) is -2.10. The lowest BCUT2D eigenvalue weighted by Crippen LogP contribution is -2.38. The van der Waals surface area contributed by atoms with Crippen molar-refractivity contribution < 1.29 is 13.2 Å². The molecule has 1 fully saturated rings. The Kier molecular flexibility index (Phi) is 7.04. The molecule has 1 aromatic heterocycles. The van der Waals surface area contributed by atoms with Gasteiger partial charge in [-0.25, -0.2) is 13.1 Å². The number of rotatable bonds is 8. The fraction of sp³-hybridized carbons (Fsp3) is 0.476. The highest BCUT2D eigenvalue weighted by atomic mass is 32.2. The number of nitrogens with one attached hydrogen (secondary N) is 1. The molecular weight excluding hydrogens is 374 g/mol. The number of benzene rings is 1. The van der Waals surface area contributed by atoms with E-state index < -0.39 is 10.0 Å².